The monoisotopic (exact) mass is 318 g/mol. The first-order valence-corrected chi connectivity index (χ1v) is 8.76. The second-order valence-electron chi connectivity index (χ2n) is 6.56. The molecule has 128 valence electrons. The molecule has 0 amide bonds. The van der Waals surface area contributed by atoms with Gasteiger partial charge >= 0.3 is 0 Å². The molecule has 0 saturated carbocycles. The Balaban J connectivity index is 2.10. The van der Waals surface area contributed by atoms with E-state index in [4.69, 9.17) is 4.74 Å². The zero-order chi connectivity index (χ0) is 16.8. The van der Waals surface area contributed by atoms with Gasteiger partial charge in [0.15, 0.2) is 5.78 Å². The Bertz CT molecular complexity index is 534. The van der Waals surface area contributed by atoms with Gasteiger partial charge in [0.1, 0.15) is 5.75 Å². The number of ether oxygens (including phenoxy) is 1. The third-order valence-electron chi connectivity index (χ3n) is 4.44. The van der Waals surface area contributed by atoms with E-state index in [0.29, 0.717) is 18.9 Å². The molecule has 1 fully saturated rings. The van der Waals surface area contributed by atoms with Gasteiger partial charge in [-0.15, -0.1) is 0 Å². The quantitative estimate of drug-likeness (QED) is 0.785. The summed E-state index contributed by atoms with van der Waals surface area (Å²) in [5, 5.41) is 3.34. The molecule has 0 aliphatic carbocycles. The largest absolute Gasteiger partial charge is 0.494 e. The summed E-state index contributed by atoms with van der Waals surface area (Å²) in [5.41, 5.74) is 3.00. The van der Waals surface area contributed by atoms with Crippen LogP contribution < -0.4 is 10.1 Å². The Morgan fingerprint density at radius 2 is 2.00 bits per heavy atom. The molecule has 1 aliphatic rings. The van der Waals surface area contributed by atoms with Crippen LogP contribution in [0.1, 0.15) is 54.6 Å². The van der Waals surface area contributed by atoms with Gasteiger partial charge < -0.3 is 15.0 Å². The summed E-state index contributed by atoms with van der Waals surface area (Å²) in [5.74, 6) is 1.50. The highest BCUT2D eigenvalue weighted by molar-refractivity contribution is 5.98. The minimum absolute atomic E-state index is 0.242. The zero-order valence-electron chi connectivity index (χ0n) is 14.9. The number of nitrogens with one attached hydrogen (secondary N) is 1. The van der Waals surface area contributed by atoms with Crippen molar-refractivity contribution >= 4 is 5.78 Å². The van der Waals surface area contributed by atoms with E-state index in [1.807, 2.05) is 26.0 Å². The molecule has 0 spiro atoms. The number of aryl methyl sites for hydroxylation is 1. The van der Waals surface area contributed by atoms with Crippen molar-refractivity contribution in [2.45, 2.75) is 40.0 Å². The van der Waals surface area contributed by atoms with Gasteiger partial charge in [-0.25, -0.2) is 0 Å². The number of rotatable bonds is 7. The highest BCUT2D eigenvalue weighted by atomic mass is 16.5. The van der Waals surface area contributed by atoms with E-state index in [1.54, 1.807) is 0 Å². The van der Waals surface area contributed by atoms with Crippen LogP contribution in [0.15, 0.2) is 12.1 Å². The van der Waals surface area contributed by atoms with E-state index >= 15 is 0 Å². The molecule has 0 aromatic heterocycles. The van der Waals surface area contributed by atoms with Gasteiger partial charge in [0, 0.05) is 44.7 Å². The first kappa shape index (κ1) is 18.0. The van der Waals surface area contributed by atoms with Crippen LogP contribution in [-0.2, 0) is 0 Å². The van der Waals surface area contributed by atoms with E-state index < -0.39 is 0 Å². The fourth-order valence-electron chi connectivity index (χ4n) is 3.06. The lowest BCUT2D eigenvalue weighted by atomic mass is 9.93. The Labute approximate surface area is 140 Å². The van der Waals surface area contributed by atoms with Gasteiger partial charge in [0.2, 0.25) is 0 Å². The maximum Gasteiger partial charge on any atom is 0.164 e. The maximum absolute atomic E-state index is 12.7. The molecule has 1 aliphatic heterocycles. The van der Waals surface area contributed by atoms with Crippen molar-refractivity contribution in [2.24, 2.45) is 0 Å². The van der Waals surface area contributed by atoms with Crippen molar-refractivity contribution in [3.05, 3.63) is 28.8 Å². The van der Waals surface area contributed by atoms with Crippen molar-refractivity contribution in [1.82, 2.24) is 10.2 Å². The normalized spacial score (nSPS) is 15.9. The number of hydrogen-bond donors (Lipinski definition) is 1. The van der Waals surface area contributed by atoms with Crippen molar-refractivity contribution in [3.63, 3.8) is 0 Å². The van der Waals surface area contributed by atoms with Crippen LogP contribution in [0.25, 0.3) is 0 Å². The second-order valence-corrected chi connectivity index (χ2v) is 6.56. The third kappa shape index (κ3) is 4.79. The minimum atomic E-state index is 0.242. The number of Topliss-reactive ketones (excluding diaryl/α,β-unsaturated/α-hetero) is 1. The molecular weight excluding hydrogens is 288 g/mol. The van der Waals surface area contributed by atoms with Crippen molar-refractivity contribution in [1.29, 1.82) is 0 Å². The number of ketones is 1. The summed E-state index contributed by atoms with van der Waals surface area (Å²) >= 11 is 0. The average molecular weight is 318 g/mol. The third-order valence-corrected chi connectivity index (χ3v) is 4.44. The van der Waals surface area contributed by atoms with Gasteiger partial charge in [-0.2, -0.15) is 0 Å². The molecule has 1 heterocycles. The van der Waals surface area contributed by atoms with Crippen LogP contribution >= 0.6 is 0 Å². The topological polar surface area (TPSA) is 41.6 Å². The molecule has 1 N–H and O–H groups in total. The maximum atomic E-state index is 12.7. The van der Waals surface area contributed by atoms with Crippen molar-refractivity contribution in [3.8, 4) is 5.75 Å². The molecule has 23 heavy (non-hydrogen) atoms. The van der Waals surface area contributed by atoms with Crippen molar-refractivity contribution in [2.75, 3.05) is 39.3 Å². The molecule has 1 aromatic carbocycles. The van der Waals surface area contributed by atoms with Gasteiger partial charge in [-0.3, -0.25) is 4.79 Å². The predicted molar refractivity (Wildman–Crippen MR) is 94.7 cm³/mol. The summed E-state index contributed by atoms with van der Waals surface area (Å²) < 4.78 is 5.74. The van der Waals surface area contributed by atoms with Gasteiger partial charge in [0.05, 0.1) is 6.61 Å². The van der Waals surface area contributed by atoms with Crippen molar-refractivity contribution < 1.29 is 9.53 Å². The standard InChI is InChI=1S/C19H30N2O2/c1-5-23-19-12-15(4)17(13-16(19)14(2)3)18(22)6-9-21-10-7-20-8-11-21/h12-14,20H,5-11H2,1-4H3. The number of carbonyl (C=O) groups is 1. The van der Waals surface area contributed by atoms with Crippen LogP contribution in [0, 0.1) is 6.92 Å². The lowest BCUT2D eigenvalue weighted by Gasteiger charge is -2.27. The van der Waals surface area contributed by atoms with E-state index in [-0.39, 0.29) is 5.78 Å². The van der Waals surface area contributed by atoms with Crippen LogP contribution in [0.5, 0.6) is 5.75 Å². The van der Waals surface area contributed by atoms with Crippen LogP contribution in [0.4, 0.5) is 0 Å². The highest BCUT2D eigenvalue weighted by Crippen LogP contribution is 2.30. The number of benzene rings is 1. The van der Waals surface area contributed by atoms with Gasteiger partial charge in [0.25, 0.3) is 0 Å². The summed E-state index contributed by atoms with van der Waals surface area (Å²) in [7, 11) is 0. The predicted octanol–water partition coefficient (Wildman–Crippen LogP) is 3.00. The molecule has 0 atom stereocenters. The van der Waals surface area contributed by atoms with E-state index in [9.17, 15) is 4.79 Å². The number of carbonyl (C=O) groups excluding carboxylic acids is 1. The lowest BCUT2D eigenvalue weighted by Crippen LogP contribution is -2.44. The first-order valence-electron chi connectivity index (χ1n) is 8.76. The minimum Gasteiger partial charge on any atom is -0.494 e. The smallest absolute Gasteiger partial charge is 0.164 e. The Morgan fingerprint density at radius 1 is 1.30 bits per heavy atom. The Hall–Kier alpha value is -1.39. The summed E-state index contributed by atoms with van der Waals surface area (Å²) in [6.45, 7) is 13.9. The molecule has 2 rings (SSSR count). The molecule has 0 radical (unpaired) electrons. The molecular formula is C19H30N2O2. The number of nitrogens with zero attached hydrogens (tertiary/aromatic N) is 1. The van der Waals surface area contributed by atoms with Gasteiger partial charge in [-0.1, -0.05) is 13.8 Å². The SMILES string of the molecule is CCOc1cc(C)c(C(=O)CCN2CCNCC2)cc1C(C)C. The highest BCUT2D eigenvalue weighted by Gasteiger charge is 2.17. The lowest BCUT2D eigenvalue weighted by molar-refractivity contribution is 0.0960. The van der Waals surface area contributed by atoms with E-state index in [0.717, 1.165) is 55.2 Å². The number of hydrogen-bond acceptors (Lipinski definition) is 4. The molecule has 4 nitrogen and oxygen atoms in total. The van der Waals surface area contributed by atoms with Crippen LogP contribution in [0.3, 0.4) is 0 Å². The molecule has 0 bridgehead atoms. The molecule has 4 heteroatoms. The fraction of sp³-hybridized carbons (Fsp3) is 0.632. The Kier molecular flexibility index (Phi) is 6.60. The van der Waals surface area contributed by atoms with Crippen LogP contribution in [0.2, 0.25) is 0 Å². The second kappa shape index (κ2) is 8.46. The number of piperazine rings is 1. The zero-order valence-corrected chi connectivity index (χ0v) is 14.9. The first-order chi connectivity index (χ1) is 11.0. The molecule has 0 unspecified atom stereocenters. The molecule has 1 aromatic rings. The van der Waals surface area contributed by atoms with Crippen LogP contribution in [-0.4, -0.2) is 50.0 Å². The van der Waals surface area contributed by atoms with Gasteiger partial charge in [-0.05, 0) is 43.0 Å². The summed E-state index contributed by atoms with van der Waals surface area (Å²) in [6.07, 6.45) is 0.590. The fourth-order valence-corrected chi connectivity index (χ4v) is 3.06. The van der Waals surface area contributed by atoms with E-state index in [1.165, 1.54) is 0 Å². The summed E-state index contributed by atoms with van der Waals surface area (Å²) in [6, 6.07) is 4.07. The van der Waals surface area contributed by atoms with E-state index in [2.05, 4.69) is 24.1 Å². The summed E-state index contributed by atoms with van der Waals surface area (Å²) in [4.78, 5) is 15.0. The average Bonchev–Trinajstić information content (AvgIpc) is 2.53. The molecule has 1 saturated heterocycles. The Morgan fingerprint density at radius 3 is 2.61 bits per heavy atom.